The van der Waals surface area contributed by atoms with Gasteiger partial charge in [0.1, 0.15) is 0 Å². The molecule has 3 aromatic rings. The minimum absolute atomic E-state index is 0.0339. The first-order valence-electron chi connectivity index (χ1n) is 7.81. The van der Waals surface area contributed by atoms with Crippen LogP contribution in [-0.4, -0.2) is 31.9 Å². The fraction of sp³-hybridized carbons (Fsp3) is 0.176. The van der Waals surface area contributed by atoms with Crippen molar-refractivity contribution in [1.82, 2.24) is 20.2 Å². The molecule has 1 aromatic heterocycles. The van der Waals surface area contributed by atoms with E-state index >= 15 is 0 Å². The number of hydrogen-bond donors (Lipinski definition) is 1. The molecule has 1 amide bonds. The van der Waals surface area contributed by atoms with Crippen LogP contribution in [0.25, 0.3) is 5.69 Å². The van der Waals surface area contributed by atoms with Gasteiger partial charge in [0.15, 0.2) is 5.82 Å². The van der Waals surface area contributed by atoms with Crippen molar-refractivity contribution in [1.29, 1.82) is 0 Å². The number of anilines is 1. The van der Waals surface area contributed by atoms with Crippen molar-refractivity contribution in [3.8, 4) is 5.69 Å². The number of halogens is 3. The van der Waals surface area contributed by atoms with Gasteiger partial charge in [-0.3, -0.25) is 4.79 Å². The van der Waals surface area contributed by atoms with Gasteiger partial charge >= 0.3 is 6.18 Å². The molecule has 140 valence electrons. The highest BCUT2D eigenvalue weighted by molar-refractivity contribution is 7.99. The SMILES string of the molecule is O=C(CSCc1nnnn1-c1ccccc1)Nc1ccccc1C(F)(F)F. The van der Waals surface area contributed by atoms with Crippen LogP contribution < -0.4 is 5.32 Å². The number of para-hydroxylation sites is 2. The van der Waals surface area contributed by atoms with Crippen molar-refractivity contribution in [3.63, 3.8) is 0 Å². The lowest BCUT2D eigenvalue weighted by Gasteiger charge is -2.13. The fourth-order valence-corrected chi connectivity index (χ4v) is 3.05. The quantitative estimate of drug-likeness (QED) is 0.693. The van der Waals surface area contributed by atoms with Gasteiger partial charge in [-0.25, -0.2) is 0 Å². The molecule has 1 heterocycles. The van der Waals surface area contributed by atoms with Gasteiger partial charge in [-0.15, -0.1) is 16.9 Å². The van der Waals surface area contributed by atoms with Crippen molar-refractivity contribution in [2.75, 3.05) is 11.1 Å². The number of rotatable bonds is 6. The minimum Gasteiger partial charge on any atom is -0.325 e. The van der Waals surface area contributed by atoms with Crippen LogP contribution in [0.5, 0.6) is 0 Å². The smallest absolute Gasteiger partial charge is 0.325 e. The van der Waals surface area contributed by atoms with Gasteiger partial charge in [-0.1, -0.05) is 30.3 Å². The van der Waals surface area contributed by atoms with Crippen molar-refractivity contribution < 1.29 is 18.0 Å². The highest BCUT2D eigenvalue weighted by Crippen LogP contribution is 2.34. The van der Waals surface area contributed by atoms with Crippen LogP contribution in [0.1, 0.15) is 11.4 Å². The summed E-state index contributed by atoms with van der Waals surface area (Å²) < 4.78 is 40.4. The van der Waals surface area contributed by atoms with Crippen LogP contribution >= 0.6 is 11.8 Å². The number of benzene rings is 2. The number of amides is 1. The molecule has 0 saturated heterocycles. The van der Waals surface area contributed by atoms with Gasteiger partial charge in [0.2, 0.25) is 5.91 Å². The number of aromatic nitrogens is 4. The van der Waals surface area contributed by atoms with E-state index in [1.165, 1.54) is 30.0 Å². The van der Waals surface area contributed by atoms with E-state index in [1.54, 1.807) is 4.68 Å². The lowest BCUT2D eigenvalue weighted by molar-refractivity contribution is -0.137. The Morgan fingerprint density at radius 3 is 2.52 bits per heavy atom. The highest BCUT2D eigenvalue weighted by Gasteiger charge is 2.33. The van der Waals surface area contributed by atoms with Crippen LogP contribution in [-0.2, 0) is 16.7 Å². The van der Waals surface area contributed by atoms with Crippen molar-refractivity contribution in [2.24, 2.45) is 0 Å². The standard InChI is InChI=1S/C17H14F3N5OS/c18-17(19,20)13-8-4-5-9-14(13)21-16(26)11-27-10-15-22-23-24-25(15)12-6-2-1-3-7-12/h1-9H,10-11H2,(H,21,26). The Morgan fingerprint density at radius 2 is 1.78 bits per heavy atom. The van der Waals surface area contributed by atoms with E-state index in [4.69, 9.17) is 0 Å². The van der Waals surface area contributed by atoms with Gasteiger partial charge in [0, 0.05) is 0 Å². The summed E-state index contributed by atoms with van der Waals surface area (Å²) in [6.07, 6.45) is -4.53. The number of nitrogens with zero attached hydrogens (tertiary/aromatic N) is 4. The average Bonchev–Trinajstić information content (AvgIpc) is 3.10. The first kappa shape index (κ1) is 18.9. The first-order chi connectivity index (χ1) is 12.9. The monoisotopic (exact) mass is 393 g/mol. The second kappa shape index (κ2) is 8.21. The number of carbonyl (C=O) groups excluding carboxylic acids is 1. The zero-order valence-electron chi connectivity index (χ0n) is 13.8. The molecule has 0 atom stereocenters. The largest absolute Gasteiger partial charge is 0.418 e. The van der Waals surface area contributed by atoms with Crippen molar-refractivity contribution in [3.05, 3.63) is 66.0 Å². The van der Waals surface area contributed by atoms with E-state index in [1.807, 2.05) is 30.3 Å². The summed E-state index contributed by atoms with van der Waals surface area (Å²) in [7, 11) is 0. The second-order valence-corrected chi connectivity index (χ2v) is 6.41. The molecule has 1 N–H and O–H groups in total. The Kier molecular flexibility index (Phi) is 5.75. The second-order valence-electron chi connectivity index (χ2n) is 5.43. The molecule has 0 aliphatic heterocycles. The summed E-state index contributed by atoms with van der Waals surface area (Å²) in [5, 5.41) is 13.8. The summed E-state index contributed by atoms with van der Waals surface area (Å²) in [4.78, 5) is 12.0. The molecule has 27 heavy (non-hydrogen) atoms. The third kappa shape index (κ3) is 4.85. The Bertz CT molecular complexity index is 914. The summed E-state index contributed by atoms with van der Waals surface area (Å²) >= 11 is 1.20. The van der Waals surface area contributed by atoms with E-state index in [9.17, 15) is 18.0 Å². The zero-order chi connectivity index (χ0) is 19.3. The number of alkyl halides is 3. The Balaban J connectivity index is 1.58. The van der Waals surface area contributed by atoms with Crippen LogP contribution in [0.4, 0.5) is 18.9 Å². The van der Waals surface area contributed by atoms with E-state index < -0.39 is 17.6 Å². The van der Waals surface area contributed by atoms with E-state index in [-0.39, 0.29) is 11.4 Å². The summed E-state index contributed by atoms with van der Waals surface area (Å²) in [5.41, 5.74) is -0.359. The Labute approximate surface area is 156 Å². The van der Waals surface area contributed by atoms with Crippen LogP contribution in [0.15, 0.2) is 54.6 Å². The molecule has 0 unspecified atom stereocenters. The third-order valence-corrected chi connectivity index (χ3v) is 4.43. The van der Waals surface area contributed by atoms with E-state index in [2.05, 4.69) is 20.8 Å². The van der Waals surface area contributed by atoms with Crippen LogP contribution in [0.2, 0.25) is 0 Å². The molecular formula is C17H14F3N5OS. The maximum Gasteiger partial charge on any atom is 0.418 e. The van der Waals surface area contributed by atoms with Crippen molar-refractivity contribution in [2.45, 2.75) is 11.9 Å². The van der Waals surface area contributed by atoms with Crippen LogP contribution in [0.3, 0.4) is 0 Å². The number of thioether (sulfide) groups is 1. The van der Waals surface area contributed by atoms with E-state index in [0.717, 1.165) is 11.8 Å². The molecule has 0 radical (unpaired) electrons. The molecule has 2 aromatic carbocycles. The fourth-order valence-electron chi connectivity index (χ4n) is 2.33. The minimum atomic E-state index is -4.53. The number of nitrogens with one attached hydrogen (secondary N) is 1. The zero-order valence-corrected chi connectivity index (χ0v) is 14.7. The lowest BCUT2D eigenvalue weighted by Crippen LogP contribution is -2.18. The molecule has 0 fully saturated rings. The number of tetrazole rings is 1. The van der Waals surface area contributed by atoms with Crippen molar-refractivity contribution >= 4 is 23.4 Å². The number of carbonyl (C=O) groups is 1. The molecule has 3 rings (SSSR count). The highest BCUT2D eigenvalue weighted by atomic mass is 32.2. The van der Waals surface area contributed by atoms with Gasteiger partial charge in [0.25, 0.3) is 0 Å². The topological polar surface area (TPSA) is 72.7 Å². The predicted molar refractivity (Wildman–Crippen MR) is 95.4 cm³/mol. The summed E-state index contributed by atoms with van der Waals surface area (Å²) in [6, 6.07) is 14.1. The molecule has 6 nitrogen and oxygen atoms in total. The average molecular weight is 393 g/mol. The van der Waals surface area contributed by atoms with Gasteiger partial charge in [-0.2, -0.15) is 17.9 Å². The molecule has 10 heteroatoms. The molecule has 0 aliphatic rings. The summed E-state index contributed by atoms with van der Waals surface area (Å²) in [5.74, 6) is 0.300. The van der Waals surface area contributed by atoms with Gasteiger partial charge in [-0.05, 0) is 34.7 Å². The molecular weight excluding hydrogens is 379 g/mol. The van der Waals surface area contributed by atoms with Gasteiger partial charge < -0.3 is 5.32 Å². The van der Waals surface area contributed by atoms with E-state index in [0.29, 0.717) is 11.6 Å². The normalized spacial score (nSPS) is 11.4. The lowest BCUT2D eigenvalue weighted by atomic mass is 10.1. The first-order valence-corrected chi connectivity index (χ1v) is 8.97. The third-order valence-electron chi connectivity index (χ3n) is 3.51. The van der Waals surface area contributed by atoms with Crippen LogP contribution in [0, 0.1) is 0 Å². The molecule has 0 aliphatic carbocycles. The molecule has 0 saturated carbocycles. The predicted octanol–water partition coefficient (Wildman–Crippen LogP) is 3.55. The Hall–Kier alpha value is -2.88. The number of hydrogen-bond acceptors (Lipinski definition) is 5. The maximum atomic E-state index is 13.0. The molecule has 0 spiro atoms. The summed E-state index contributed by atoms with van der Waals surface area (Å²) in [6.45, 7) is 0. The molecule has 0 bridgehead atoms. The maximum absolute atomic E-state index is 13.0. The van der Waals surface area contributed by atoms with Gasteiger partial charge in [0.05, 0.1) is 28.4 Å². The Morgan fingerprint density at radius 1 is 1.07 bits per heavy atom.